The maximum atomic E-state index is 5.99. The Morgan fingerprint density at radius 2 is 2.15 bits per heavy atom. The fourth-order valence-corrected chi connectivity index (χ4v) is 1.67. The Balaban J connectivity index is 3.20. The molecular formula is C9H12BrClN2. The Morgan fingerprint density at radius 3 is 2.69 bits per heavy atom. The first-order chi connectivity index (χ1) is 5.97. The lowest BCUT2D eigenvalue weighted by atomic mass is 9.96. The predicted molar refractivity (Wildman–Crippen MR) is 59.0 cm³/mol. The molecule has 0 aliphatic rings. The van der Waals surface area contributed by atoms with Crippen LogP contribution in [0.4, 0.5) is 0 Å². The van der Waals surface area contributed by atoms with E-state index >= 15 is 0 Å². The van der Waals surface area contributed by atoms with Gasteiger partial charge in [-0.1, -0.05) is 11.6 Å². The lowest BCUT2D eigenvalue weighted by Gasteiger charge is -2.25. The van der Waals surface area contributed by atoms with Crippen molar-refractivity contribution in [3.8, 4) is 0 Å². The van der Waals surface area contributed by atoms with E-state index in [0.29, 0.717) is 5.15 Å². The minimum Gasteiger partial charge on any atom is -0.311 e. The molecule has 1 aromatic rings. The number of hydrogen-bond acceptors (Lipinski definition) is 2. The van der Waals surface area contributed by atoms with Crippen molar-refractivity contribution in [3.63, 3.8) is 0 Å². The van der Waals surface area contributed by atoms with Crippen LogP contribution in [0.3, 0.4) is 0 Å². The zero-order valence-corrected chi connectivity index (χ0v) is 10.2. The molecule has 1 rings (SSSR count). The van der Waals surface area contributed by atoms with E-state index in [1.54, 1.807) is 6.20 Å². The molecule has 0 aliphatic carbocycles. The number of nitrogens with one attached hydrogen (secondary N) is 1. The highest BCUT2D eigenvalue weighted by molar-refractivity contribution is 9.10. The van der Waals surface area contributed by atoms with Gasteiger partial charge in [0.2, 0.25) is 0 Å². The Bertz CT molecular complexity index is 312. The average Bonchev–Trinajstić information content (AvgIpc) is 2.09. The molecule has 0 aliphatic heterocycles. The molecule has 0 atom stereocenters. The third kappa shape index (κ3) is 2.42. The van der Waals surface area contributed by atoms with Gasteiger partial charge in [0.05, 0.1) is 0 Å². The molecule has 0 saturated heterocycles. The Labute approximate surface area is 91.8 Å². The molecule has 1 N–H and O–H groups in total. The van der Waals surface area contributed by atoms with Gasteiger partial charge in [0.1, 0.15) is 5.15 Å². The molecular weight excluding hydrogens is 251 g/mol. The molecule has 0 saturated carbocycles. The average molecular weight is 264 g/mol. The monoisotopic (exact) mass is 262 g/mol. The molecule has 0 radical (unpaired) electrons. The second kappa shape index (κ2) is 3.95. The summed E-state index contributed by atoms with van der Waals surface area (Å²) in [6.45, 7) is 4.12. The summed E-state index contributed by atoms with van der Waals surface area (Å²) >= 11 is 9.36. The van der Waals surface area contributed by atoms with Crippen molar-refractivity contribution < 1.29 is 0 Å². The number of pyridine rings is 1. The Hall–Kier alpha value is -0.120. The van der Waals surface area contributed by atoms with E-state index < -0.39 is 0 Å². The van der Waals surface area contributed by atoms with Crippen molar-refractivity contribution in [1.82, 2.24) is 10.3 Å². The summed E-state index contributed by atoms with van der Waals surface area (Å²) < 4.78 is 0.940. The SMILES string of the molecule is CNC(C)(C)c1cc(Br)cnc1Cl. The van der Waals surface area contributed by atoms with Gasteiger partial charge in [0.25, 0.3) is 0 Å². The quantitative estimate of drug-likeness (QED) is 0.830. The third-order valence-electron chi connectivity index (χ3n) is 2.10. The van der Waals surface area contributed by atoms with Crippen LogP contribution in [0.1, 0.15) is 19.4 Å². The van der Waals surface area contributed by atoms with Gasteiger partial charge < -0.3 is 5.32 Å². The zero-order valence-electron chi connectivity index (χ0n) is 7.86. The van der Waals surface area contributed by atoms with Crippen LogP contribution in [0.25, 0.3) is 0 Å². The standard InChI is InChI=1S/C9H12BrClN2/c1-9(2,12-3)7-4-6(10)5-13-8(7)11/h4-5,12H,1-3H3. The van der Waals surface area contributed by atoms with Crippen molar-refractivity contribution in [1.29, 1.82) is 0 Å². The fraction of sp³-hybridized carbons (Fsp3) is 0.444. The summed E-state index contributed by atoms with van der Waals surface area (Å²) in [6, 6.07) is 1.98. The smallest absolute Gasteiger partial charge is 0.134 e. The number of rotatable bonds is 2. The van der Waals surface area contributed by atoms with Gasteiger partial charge in [0.15, 0.2) is 0 Å². The largest absolute Gasteiger partial charge is 0.311 e. The molecule has 0 amide bonds. The minimum absolute atomic E-state index is 0.159. The summed E-state index contributed by atoms with van der Waals surface area (Å²) in [5.74, 6) is 0. The lowest BCUT2D eigenvalue weighted by Crippen LogP contribution is -2.33. The van der Waals surface area contributed by atoms with E-state index in [9.17, 15) is 0 Å². The Kier molecular flexibility index (Phi) is 3.33. The molecule has 0 aromatic carbocycles. The van der Waals surface area contributed by atoms with Gasteiger partial charge in [-0.05, 0) is 42.9 Å². The first-order valence-electron chi connectivity index (χ1n) is 3.98. The van der Waals surface area contributed by atoms with Gasteiger partial charge in [-0.3, -0.25) is 0 Å². The van der Waals surface area contributed by atoms with E-state index in [1.807, 2.05) is 13.1 Å². The summed E-state index contributed by atoms with van der Waals surface area (Å²) in [7, 11) is 1.90. The van der Waals surface area contributed by atoms with Gasteiger partial charge in [0, 0.05) is 21.8 Å². The van der Waals surface area contributed by atoms with Crippen molar-refractivity contribution in [2.24, 2.45) is 0 Å². The first kappa shape index (κ1) is 11.0. The van der Waals surface area contributed by atoms with Crippen molar-refractivity contribution in [2.75, 3.05) is 7.05 Å². The predicted octanol–water partition coefficient (Wildman–Crippen LogP) is 2.95. The molecule has 2 nitrogen and oxygen atoms in total. The maximum Gasteiger partial charge on any atom is 0.134 e. The summed E-state index contributed by atoms with van der Waals surface area (Å²) in [4.78, 5) is 4.07. The van der Waals surface area contributed by atoms with E-state index in [0.717, 1.165) is 10.0 Å². The molecule has 0 unspecified atom stereocenters. The molecule has 4 heteroatoms. The molecule has 13 heavy (non-hydrogen) atoms. The topological polar surface area (TPSA) is 24.9 Å². The van der Waals surface area contributed by atoms with E-state index in [1.165, 1.54) is 0 Å². The van der Waals surface area contributed by atoms with Gasteiger partial charge in [-0.2, -0.15) is 0 Å². The van der Waals surface area contributed by atoms with Gasteiger partial charge in [-0.25, -0.2) is 4.98 Å². The van der Waals surface area contributed by atoms with E-state index in [-0.39, 0.29) is 5.54 Å². The molecule has 1 heterocycles. The summed E-state index contributed by atoms with van der Waals surface area (Å²) in [5, 5.41) is 3.72. The fourth-order valence-electron chi connectivity index (χ4n) is 0.996. The van der Waals surface area contributed by atoms with Gasteiger partial charge in [-0.15, -0.1) is 0 Å². The highest BCUT2D eigenvalue weighted by atomic mass is 79.9. The van der Waals surface area contributed by atoms with Crippen LogP contribution in [-0.4, -0.2) is 12.0 Å². The molecule has 0 bridgehead atoms. The number of aromatic nitrogens is 1. The molecule has 72 valence electrons. The highest BCUT2D eigenvalue weighted by Gasteiger charge is 2.21. The zero-order chi connectivity index (χ0) is 10.1. The summed E-state index contributed by atoms with van der Waals surface area (Å²) in [6.07, 6.45) is 1.69. The number of halogens is 2. The lowest BCUT2D eigenvalue weighted by molar-refractivity contribution is 0.443. The molecule has 0 spiro atoms. The minimum atomic E-state index is -0.159. The normalized spacial score (nSPS) is 11.8. The Morgan fingerprint density at radius 1 is 1.54 bits per heavy atom. The maximum absolute atomic E-state index is 5.99. The molecule has 1 aromatic heterocycles. The van der Waals surface area contributed by atoms with Crippen molar-refractivity contribution in [3.05, 3.63) is 27.5 Å². The van der Waals surface area contributed by atoms with Crippen LogP contribution in [0.2, 0.25) is 5.15 Å². The van der Waals surface area contributed by atoms with Crippen LogP contribution in [0.5, 0.6) is 0 Å². The number of hydrogen-bond donors (Lipinski definition) is 1. The second-order valence-corrected chi connectivity index (χ2v) is 4.64. The summed E-state index contributed by atoms with van der Waals surface area (Å²) in [5.41, 5.74) is 0.833. The molecule has 0 fully saturated rings. The number of nitrogens with zero attached hydrogens (tertiary/aromatic N) is 1. The van der Waals surface area contributed by atoms with E-state index in [4.69, 9.17) is 11.6 Å². The van der Waals surface area contributed by atoms with Crippen LogP contribution >= 0.6 is 27.5 Å². The van der Waals surface area contributed by atoms with Crippen molar-refractivity contribution >= 4 is 27.5 Å². The third-order valence-corrected chi connectivity index (χ3v) is 2.84. The van der Waals surface area contributed by atoms with Crippen LogP contribution in [0, 0.1) is 0 Å². The van der Waals surface area contributed by atoms with Crippen LogP contribution in [-0.2, 0) is 5.54 Å². The van der Waals surface area contributed by atoms with Crippen LogP contribution < -0.4 is 5.32 Å². The van der Waals surface area contributed by atoms with Gasteiger partial charge >= 0.3 is 0 Å². The second-order valence-electron chi connectivity index (χ2n) is 3.37. The first-order valence-corrected chi connectivity index (χ1v) is 5.15. The highest BCUT2D eigenvalue weighted by Crippen LogP contribution is 2.27. The van der Waals surface area contributed by atoms with Crippen LogP contribution in [0.15, 0.2) is 16.7 Å². The van der Waals surface area contributed by atoms with Crippen molar-refractivity contribution in [2.45, 2.75) is 19.4 Å². The van der Waals surface area contributed by atoms with E-state index in [2.05, 4.69) is 40.1 Å².